The molecule has 4 heterocycles. The van der Waals surface area contributed by atoms with Crippen LogP contribution in [-0.2, 0) is 27.2 Å². The molecular weight excluding hydrogens is 763 g/mol. The molecule has 2 aliphatic rings. The summed E-state index contributed by atoms with van der Waals surface area (Å²) in [6, 6.07) is 23.5. The minimum Gasteiger partial charge on any atom is -0.494 e. The Morgan fingerprint density at radius 2 is 1.71 bits per heavy atom. The third-order valence-electron chi connectivity index (χ3n) is 11.0. The topological polar surface area (TPSA) is 123 Å². The lowest BCUT2D eigenvalue weighted by atomic mass is 9.91. The van der Waals surface area contributed by atoms with Gasteiger partial charge in [-0.25, -0.2) is 14.8 Å². The fourth-order valence-electron chi connectivity index (χ4n) is 7.98. The predicted molar refractivity (Wildman–Crippen MR) is 233 cm³/mol. The molecule has 7 rings (SSSR count). The Morgan fingerprint density at radius 3 is 2.47 bits per heavy atom. The van der Waals surface area contributed by atoms with Gasteiger partial charge in [0.15, 0.2) is 10.8 Å². The monoisotopic (exact) mass is 817 g/mol. The van der Waals surface area contributed by atoms with Gasteiger partial charge in [0.1, 0.15) is 17.2 Å². The number of fused-ring (bicyclic) bond motifs is 2. The van der Waals surface area contributed by atoms with Crippen LogP contribution in [0.15, 0.2) is 72.8 Å². The highest BCUT2D eigenvalue weighted by Gasteiger charge is 2.28. The number of aryl methyl sites for hydroxylation is 1. The molecule has 0 saturated carbocycles. The molecule has 0 aliphatic carbocycles. The maximum Gasteiger partial charge on any atom is 0.358 e. The van der Waals surface area contributed by atoms with Crippen molar-refractivity contribution in [3.8, 4) is 16.9 Å². The van der Waals surface area contributed by atoms with Crippen molar-refractivity contribution in [2.75, 3.05) is 49.6 Å². The molecule has 0 atom stereocenters. The summed E-state index contributed by atoms with van der Waals surface area (Å²) in [4.78, 5) is 53.2. The largest absolute Gasteiger partial charge is 0.494 e. The molecule has 1 fully saturated rings. The van der Waals surface area contributed by atoms with Gasteiger partial charge in [0.25, 0.3) is 5.91 Å². The summed E-state index contributed by atoms with van der Waals surface area (Å²) >= 11 is 1.45. The number of anilines is 2. The van der Waals surface area contributed by atoms with Crippen molar-refractivity contribution >= 4 is 50.3 Å². The average molecular weight is 818 g/mol. The van der Waals surface area contributed by atoms with Crippen LogP contribution in [0.3, 0.4) is 0 Å². The number of nitrogens with zero attached hydrogens (tertiary/aromatic N) is 4. The highest BCUT2D eigenvalue weighted by Crippen LogP contribution is 2.34. The van der Waals surface area contributed by atoms with Crippen molar-refractivity contribution in [2.24, 2.45) is 5.92 Å². The van der Waals surface area contributed by atoms with E-state index in [0.29, 0.717) is 60.8 Å². The van der Waals surface area contributed by atoms with Gasteiger partial charge in [-0.3, -0.25) is 19.8 Å². The SMILES string of the molecule is CCOC(=O)CN1CCC(CCCCOc2ccc(-c3ccc(N4CCc5cccc(C(=O)Nc6nc7ccccc7s6)c5C4)nc3C(=O)OC(C)(C)C)c(C)c2)CC1. The number of ether oxygens (including phenoxy) is 3. The molecule has 0 unspecified atom stereocenters. The number of likely N-dealkylation sites (tertiary alicyclic amines) is 1. The number of hydrogen-bond acceptors (Lipinski definition) is 11. The number of unbranched alkanes of at least 4 members (excludes halogenated alkanes) is 1. The van der Waals surface area contributed by atoms with Gasteiger partial charge in [0.2, 0.25) is 0 Å². The molecule has 59 heavy (non-hydrogen) atoms. The molecule has 12 heteroatoms. The fraction of sp³-hybridized carbons (Fsp3) is 0.426. The molecule has 310 valence electrons. The zero-order valence-electron chi connectivity index (χ0n) is 34.8. The molecule has 11 nitrogen and oxygen atoms in total. The summed E-state index contributed by atoms with van der Waals surface area (Å²) in [5.41, 5.74) is 5.56. The maximum absolute atomic E-state index is 13.8. The number of carbonyl (C=O) groups excluding carboxylic acids is 3. The second kappa shape index (κ2) is 18.7. The van der Waals surface area contributed by atoms with Gasteiger partial charge in [-0.05, 0) is 150 Å². The number of piperidine rings is 1. The van der Waals surface area contributed by atoms with Gasteiger partial charge in [0.05, 0.1) is 30.0 Å². The van der Waals surface area contributed by atoms with Gasteiger partial charge in [-0.1, -0.05) is 48.1 Å². The van der Waals surface area contributed by atoms with E-state index in [0.717, 1.165) is 89.8 Å². The number of benzene rings is 3. The number of carbonyl (C=O) groups is 3. The van der Waals surface area contributed by atoms with Gasteiger partial charge < -0.3 is 19.1 Å². The predicted octanol–water partition coefficient (Wildman–Crippen LogP) is 9.26. The van der Waals surface area contributed by atoms with E-state index in [9.17, 15) is 14.4 Å². The first-order valence-corrected chi connectivity index (χ1v) is 21.6. The number of hydrogen-bond donors (Lipinski definition) is 1. The van der Waals surface area contributed by atoms with Crippen LogP contribution in [0.25, 0.3) is 21.3 Å². The molecule has 1 saturated heterocycles. The Bertz CT molecular complexity index is 2260. The lowest BCUT2D eigenvalue weighted by Gasteiger charge is -2.31. The van der Waals surface area contributed by atoms with Gasteiger partial charge in [-0.15, -0.1) is 0 Å². The standard InChI is InChI=1S/C47H55N5O6S/c1-6-56-42(53)30-51-24-21-32(22-25-51)12-9-10-27-57-34-17-18-35(31(2)28-34)36-19-20-41(49-43(36)45(55)58-47(3,4)5)52-26-23-33-13-11-14-37(38(33)29-52)44(54)50-46-48-39-15-7-8-16-40(39)59-46/h7-8,11,13-20,28,32H,6,9-10,12,21-27,29-30H2,1-5H3,(H,48,50,54). The van der Waals surface area contributed by atoms with Crippen molar-refractivity contribution in [2.45, 2.75) is 85.3 Å². The summed E-state index contributed by atoms with van der Waals surface area (Å²) in [6.07, 6.45) is 6.17. The molecule has 0 bridgehead atoms. The number of nitrogens with one attached hydrogen (secondary N) is 1. The lowest BCUT2D eigenvalue weighted by Crippen LogP contribution is -2.38. The number of para-hydroxylation sites is 1. The molecule has 1 amide bonds. The highest BCUT2D eigenvalue weighted by atomic mass is 32.1. The van der Waals surface area contributed by atoms with Crippen LogP contribution < -0.4 is 15.0 Å². The van der Waals surface area contributed by atoms with E-state index in [2.05, 4.69) is 26.2 Å². The maximum atomic E-state index is 13.8. The van der Waals surface area contributed by atoms with E-state index >= 15 is 0 Å². The number of esters is 2. The normalized spacial score (nSPS) is 14.8. The van der Waals surface area contributed by atoms with E-state index in [1.54, 1.807) is 0 Å². The zero-order chi connectivity index (χ0) is 41.5. The van der Waals surface area contributed by atoms with Crippen LogP contribution >= 0.6 is 11.3 Å². The number of thiazole rings is 1. The van der Waals surface area contributed by atoms with Crippen molar-refractivity contribution in [1.82, 2.24) is 14.9 Å². The number of amides is 1. The highest BCUT2D eigenvalue weighted by molar-refractivity contribution is 7.22. The van der Waals surface area contributed by atoms with E-state index < -0.39 is 11.6 Å². The summed E-state index contributed by atoms with van der Waals surface area (Å²) < 4.78 is 18.2. The zero-order valence-corrected chi connectivity index (χ0v) is 35.7. The van der Waals surface area contributed by atoms with Crippen LogP contribution in [0.5, 0.6) is 5.75 Å². The second-order valence-corrected chi connectivity index (χ2v) is 17.5. The molecule has 0 radical (unpaired) electrons. The Kier molecular flexibility index (Phi) is 13.3. The average Bonchev–Trinajstić information content (AvgIpc) is 3.62. The Morgan fingerprint density at radius 1 is 0.915 bits per heavy atom. The van der Waals surface area contributed by atoms with E-state index in [-0.39, 0.29) is 17.6 Å². The first-order valence-electron chi connectivity index (χ1n) is 20.8. The van der Waals surface area contributed by atoms with Gasteiger partial charge >= 0.3 is 11.9 Å². The number of aromatic nitrogens is 2. The summed E-state index contributed by atoms with van der Waals surface area (Å²) in [7, 11) is 0. The third-order valence-corrected chi connectivity index (χ3v) is 11.9. The second-order valence-electron chi connectivity index (χ2n) is 16.5. The summed E-state index contributed by atoms with van der Waals surface area (Å²) in [6.45, 7) is 13.9. The smallest absolute Gasteiger partial charge is 0.358 e. The minimum absolute atomic E-state index is 0.134. The van der Waals surface area contributed by atoms with E-state index in [1.165, 1.54) is 11.3 Å². The molecule has 3 aromatic carbocycles. The molecule has 1 N–H and O–H groups in total. The molecule has 5 aromatic rings. The molecule has 0 spiro atoms. The molecule has 2 aliphatic heterocycles. The van der Waals surface area contributed by atoms with Crippen molar-refractivity contribution < 1.29 is 28.6 Å². The first kappa shape index (κ1) is 41.8. The lowest BCUT2D eigenvalue weighted by molar-refractivity contribution is -0.144. The Labute approximate surface area is 351 Å². The Balaban J connectivity index is 1.01. The van der Waals surface area contributed by atoms with Crippen molar-refractivity contribution in [1.29, 1.82) is 0 Å². The Hall–Kier alpha value is -5.33. The van der Waals surface area contributed by atoms with Gasteiger partial charge in [-0.2, -0.15) is 0 Å². The molecular formula is C47H55N5O6S. The van der Waals surface area contributed by atoms with Crippen LogP contribution in [0, 0.1) is 12.8 Å². The summed E-state index contributed by atoms with van der Waals surface area (Å²) in [5, 5.41) is 3.58. The van der Waals surface area contributed by atoms with Gasteiger partial charge in [0, 0.05) is 24.2 Å². The van der Waals surface area contributed by atoms with Crippen molar-refractivity contribution in [3.05, 3.63) is 101 Å². The minimum atomic E-state index is -0.712. The van der Waals surface area contributed by atoms with Crippen LogP contribution in [0.1, 0.15) is 97.3 Å². The number of rotatable bonds is 14. The van der Waals surface area contributed by atoms with Crippen molar-refractivity contribution in [3.63, 3.8) is 0 Å². The quantitative estimate of drug-likeness (QED) is 0.0857. The fourth-order valence-corrected chi connectivity index (χ4v) is 8.84. The van der Waals surface area contributed by atoms with Crippen LogP contribution in [-0.4, -0.2) is 77.7 Å². The van der Waals surface area contributed by atoms with E-state index in [4.69, 9.17) is 19.2 Å². The van der Waals surface area contributed by atoms with Crippen LogP contribution in [0.4, 0.5) is 10.9 Å². The number of pyridine rings is 1. The van der Waals surface area contributed by atoms with E-state index in [1.807, 2.05) is 101 Å². The third kappa shape index (κ3) is 10.7. The molecule has 2 aromatic heterocycles. The van der Waals surface area contributed by atoms with Crippen LogP contribution in [0.2, 0.25) is 0 Å². The summed E-state index contributed by atoms with van der Waals surface area (Å²) in [5.74, 6) is 1.28. The first-order chi connectivity index (χ1) is 28.4.